The van der Waals surface area contributed by atoms with Crippen LogP contribution in [-0.4, -0.2) is 43.3 Å². The van der Waals surface area contributed by atoms with Crippen molar-refractivity contribution in [2.24, 2.45) is 0 Å². The van der Waals surface area contributed by atoms with Crippen molar-refractivity contribution >= 4 is 11.8 Å². The van der Waals surface area contributed by atoms with Crippen molar-refractivity contribution in [3.05, 3.63) is 0 Å². The second kappa shape index (κ2) is 10.6. The summed E-state index contributed by atoms with van der Waals surface area (Å²) in [4.78, 5) is 22.2. The molecule has 0 rings (SSSR count). The second-order valence-electron chi connectivity index (χ2n) is 3.28. The lowest BCUT2D eigenvalue weighted by atomic mass is 10.1. The second-order valence-corrected chi connectivity index (χ2v) is 3.28. The Morgan fingerprint density at radius 3 is 2.50 bits per heavy atom. The average Bonchev–Trinajstić information content (AvgIpc) is 2.25. The third-order valence-corrected chi connectivity index (χ3v) is 1.90. The van der Waals surface area contributed by atoms with Gasteiger partial charge in [-0.3, -0.25) is 9.59 Å². The molecule has 0 aromatic heterocycles. The molecule has 0 aromatic carbocycles. The molecule has 0 bridgehead atoms. The fourth-order valence-corrected chi connectivity index (χ4v) is 1.14. The van der Waals surface area contributed by atoms with E-state index in [0.29, 0.717) is 32.5 Å². The van der Waals surface area contributed by atoms with E-state index >= 15 is 0 Å². The molecule has 0 fully saturated rings. The Morgan fingerprint density at radius 1 is 1.12 bits per heavy atom. The summed E-state index contributed by atoms with van der Waals surface area (Å²) in [6.07, 6.45) is 1.53. The summed E-state index contributed by atoms with van der Waals surface area (Å²) in [7, 11) is 0. The van der Waals surface area contributed by atoms with Crippen molar-refractivity contribution in [2.45, 2.75) is 32.6 Å². The number of aliphatic hydroxyl groups is 1. The molecule has 16 heavy (non-hydrogen) atoms. The first-order chi connectivity index (χ1) is 7.70. The molecule has 0 heterocycles. The van der Waals surface area contributed by atoms with Gasteiger partial charge in [0.05, 0.1) is 26.4 Å². The summed E-state index contributed by atoms with van der Waals surface area (Å²) in [6.45, 7) is 2.69. The molecule has 5 nitrogen and oxygen atoms in total. The van der Waals surface area contributed by atoms with Crippen molar-refractivity contribution < 1.29 is 24.2 Å². The number of hydrogen-bond acceptors (Lipinski definition) is 5. The third kappa shape index (κ3) is 9.61. The Bertz CT molecular complexity index is 203. The Hall–Kier alpha value is -0.940. The molecular weight excluding hydrogens is 212 g/mol. The van der Waals surface area contributed by atoms with E-state index in [0.717, 1.165) is 0 Å². The van der Waals surface area contributed by atoms with Gasteiger partial charge in [-0.25, -0.2) is 0 Å². The van der Waals surface area contributed by atoms with Gasteiger partial charge in [-0.05, 0) is 13.3 Å². The van der Waals surface area contributed by atoms with Crippen LogP contribution in [0.15, 0.2) is 0 Å². The van der Waals surface area contributed by atoms with Crippen LogP contribution >= 0.6 is 0 Å². The van der Waals surface area contributed by atoms with Crippen LogP contribution in [-0.2, 0) is 19.1 Å². The van der Waals surface area contributed by atoms with E-state index in [1.807, 2.05) is 0 Å². The van der Waals surface area contributed by atoms with E-state index in [4.69, 9.17) is 14.6 Å². The lowest BCUT2D eigenvalue weighted by molar-refractivity contribution is -0.143. The number of ketones is 1. The number of Topliss-reactive ketones (excluding diaryl/α,β-unsaturated/α-hetero) is 1. The van der Waals surface area contributed by atoms with E-state index in [9.17, 15) is 9.59 Å². The number of rotatable bonds is 10. The highest BCUT2D eigenvalue weighted by molar-refractivity contribution is 5.79. The fourth-order valence-electron chi connectivity index (χ4n) is 1.14. The number of carbonyl (C=O) groups is 2. The summed E-state index contributed by atoms with van der Waals surface area (Å²) in [6, 6.07) is 0. The zero-order valence-electron chi connectivity index (χ0n) is 9.74. The van der Waals surface area contributed by atoms with Crippen molar-refractivity contribution in [1.29, 1.82) is 0 Å². The van der Waals surface area contributed by atoms with E-state index in [2.05, 4.69) is 0 Å². The van der Waals surface area contributed by atoms with E-state index in [-0.39, 0.29) is 31.4 Å². The molecule has 0 aromatic rings. The molecule has 1 N–H and O–H groups in total. The number of carbonyl (C=O) groups excluding carboxylic acids is 2. The fraction of sp³-hybridized carbons (Fsp3) is 0.818. The predicted molar refractivity (Wildman–Crippen MR) is 58.0 cm³/mol. The van der Waals surface area contributed by atoms with Crippen LogP contribution in [0, 0.1) is 0 Å². The predicted octanol–water partition coefficient (Wildman–Crippen LogP) is 0.688. The SMILES string of the molecule is CCOC(=O)CCCC(=O)CCOCCO. The highest BCUT2D eigenvalue weighted by Gasteiger charge is 2.05. The van der Waals surface area contributed by atoms with Crippen LogP contribution in [0.5, 0.6) is 0 Å². The molecule has 94 valence electrons. The van der Waals surface area contributed by atoms with Crippen molar-refractivity contribution in [2.75, 3.05) is 26.4 Å². The van der Waals surface area contributed by atoms with Gasteiger partial charge >= 0.3 is 5.97 Å². The first-order valence-corrected chi connectivity index (χ1v) is 5.56. The normalized spacial score (nSPS) is 10.1. The van der Waals surface area contributed by atoms with E-state index < -0.39 is 0 Å². The largest absolute Gasteiger partial charge is 0.466 e. The molecule has 0 spiro atoms. The van der Waals surface area contributed by atoms with Crippen LogP contribution in [0.4, 0.5) is 0 Å². The third-order valence-electron chi connectivity index (χ3n) is 1.90. The van der Waals surface area contributed by atoms with Gasteiger partial charge in [0.2, 0.25) is 0 Å². The molecule has 5 heteroatoms. The number of esters is 1. The molecule has 0 radical (unpaired) electrons. The lowest BCUT2D eigenvalue weighted by Crippen LogP contribution is -2.08. The quantitative estimate of drug-likeness (QED) is 0.443. The first-order valence-electron chi connectivity index (χ1n) is 5.56. The van der Waals surface area contributed by atoms with Gasteiger partial charge in [0, 0.05) is 19.3 Å². The van der Waals surface area contributed by atoms with Crippen LogP contribution in [0.1, 0.15) is 32.6 Å². The van der Waals surface area contributed by atoms with E-state index in [1.54, 1.807) is 6.92 Å². The summed E-state index contributed by atoms with van der Waals surface area (Å²) in [5.41, 5.74) is 0. The summed E-state index contributed by atoms with van der Waals surface area (Å²) in [5.74, 6) is -0.186. The highest BCUT2D eigenvalue weighted by Crippen LogP contribution is 2.01. The Labute approximate surface area is 95.7 Å². The highest BCUT2D eigenvalue weighted by atomic mass is 16.5. The maximum atomic E-state index is 11.3. The number of ether oxygens (including phenoxy) is 2. The number of hydrogen-bond donors (Lipinski definition) is 1. The van der Waals surface area contributed by atoms with Crippen LogP contribution in [0.25, 0.3) is 0 Å². The average molecular weight is 232 g/mol. The molecule has 0 atom stereocenters. The zero-order valence-corrected chi connectivity index (χ0v) is 9.74. The minimum atomic E-state index is -0.258. The standard InChI is InChI=1S/C11H20O5/c1-2-16-11(14)5-3-4-10(13)6-8-15-9-7-12/h12H,2-9H2,1H3. The minimum absolute atomic E-state index is 0.0307. The van der Waals surface area contributed by atoms with Crippen molar-refractivity contribution in [1.82, 2.24) is 0 Å². The maximum absolute atomic E-state index is 11.3. The Balaban J connectivity index is 3.33. The van der Waals surface area contributed by atoms with Gasteiger partial charge in [-0.15, -0.1) is 0 Å². The molecule has 0 aliphatic rings. The van der Waals surface area contributed by atoms with Gasteiger partial charge in [-0.2, -0.15) is 0 Å². The molecule has 0 saturated heterocycles. The van der Waals surface area contributed by atoms with Gasteiger partial charge in [-0.1, -0.05) is 0 Å². The zero-order chi connectivity index (χ0) is 12.2. The lowest BCUT2D eigenvalue weighted by Gasteiger charge is -2.02. The van der Waals surface area contributed by atoms with Crippen LogP contribution in [0.3, 0.4) is 0 Å². The van der Waals surface area contributed by atoms with Crippen LogP contribution < -0.4 is 0 Å². The van der Waals surface area contributed by atoms with Gasteiger partial charge in [0.1, 0.15) is 5.78 Å². The van der Waals surface area contributed by atoms with Gasteiger partial charge in [0.25, 0.3) is 0 Å². The van der Waals surface area contributed by atoms with Crippen molar-refractivity contribution in [3.63, 3.8) is 0 Å². The molecule has 0 saturated carbocycles. The molecule has 0 aliphatic heterocycles. The van der Waals surface area contributed by atoms with E-state index in [1.165, 1.54) is 0 Å². The molecular formula is C11H20O5. The monoisotopic (exact) mass is 232 g/mol. The molecule has 0 amide bonds. The van der Waals surface area contributed by atoms with Crippen LogP contribution in [0.2, 0.25) is 0 Å². The summed E-state index contributed by atoms with van der Waals surface area (Å²) < 4.78 is 9.69. The summed E-state index contributed by atoms with van der Waals surface area (Å²) in [5, 5.41) is 8.42. The minimum Gasteiger partial charge on any atom is -0.466 e. The number of aliphatic hydroxyl groups excluding tert-OH is 1. The van der Waals surface area contributed by atoms with Gasteiger partial charge in [0.15, 0.2) is 0 Å². The molecule has 0 unspecified atom stereocenters. The Morgan fingerprint density at radius 2 is 1.88 bits per heavy atom. The topological polar surface area (TPSA) is 72.8 Å². The van der Waals surface area contributed by atoms with Crippen molar-refractivity contribution in [3.8, 4) is 0 Å². The smallest absolute Gasteiger partial charge is 0.305 e. The van der Waals surface area contributed by atoms with Gasteiger partial charge < -0.3 is 14.6 Å². The summed E-state index contributed by atoms with van der Waals surface area (Å²) >= 11 is 0. The first kappa shape index (κ1) is 15.1. The Kier molecular flexibility index (Phi) is 9.95. The maximum Gasteiger partial charge on any atom is 0.305 e. The molecule has 0 aliphatic carbocycles.